The number of nitrogen functional groups attached to an aromatic ring is 1. The molecular formula is C17H16N4O2S2. The lowest BCUT2D eigenvalue weighted by molar-refractivity contribution is 0.596. The topological polar surface area (TPSA) is 97.4 Å². The molecule has 25 heavy (non-hydrogen) atoms. The third kappa shape index (κ3) is 3.86. The molecule has 0 saturated heterocycles. The first-order chi connectivity index (χ1) is 12.0. The summed E-state index contributed by atoms with van der Waals surface area (Å²) in [6.45, 7) is 1.91. The zero-order chi connectivity index (χ0) is 17.9. The average Bonchev–Trinajstić information content (AvgIpc) is 3.01. The summed E-state index contributed by atoms with van der Waals surface area (Å²) in [6.07, 6.45) is 1.46. The van der Waals surface area contributed by atoms with Gasteiger partial charge in [-0.2, -0.15) is 5.10 Å². The largest absolute Gasteiger partial charge is 0.383 e. The van der Waals surface area contributed by atoms with Crippen molar-refractivity contribution >= 4 is 38.3 Å². The van der Waals surface area contributed by atoms with Gasteiger partial charge in [-0.1, -0.05) is 35.9 Å². The number of sulfone groups is 1. The Morgan fingerprint density at radius 1 is 1.16 bits per heavy atom. The van der Waals surface area contributed by atoms with Gasteiger partial charge >= 0.3 is 0 Å². The second-order valence-electron chi connectivity index (χ2n) is 5.30. The van der Waals surface area contributed by atoms with Crippen LogP contribution < -0.4 is 11.2 Å². The molecule has 128 valence electrons. The minimum absolute atomic E-state index is 0.197. The van der Waals surface area contributed by atoms with Crippen LogP contribution in [0.15, 0.2) is 68.8 Å². The molecule has 0 saturated carbocycles. The highest BCUT2D eigenvalue weighted by molar-refractivity contribution is 7.91. The Morgan fingerprint density at radius 3 is 2.56 bits per heavy atom. The predicted octanol–water partition coefficient (Wildman–Crippen LogP) is 3.31. The van der Waals surface area contributed by atoms with Crippen molar-refractivity contribution in [1.29, 1.82) is 0 Å². The van der Waals surface area contributed by atoms with E-state index in [1.807, 2.05) is 6.92 Å². The van der Waals surface area contributed by atoms with Crippen LogP contribution in [0.5, 0.6) is 0 Å². The maximum absolute atomic E-state index is 12.9. The third-order valence-corrected chi connectivity index (χ3v) is 6.03. The molecule has 0 spiro atoms. The van der Waals surface area contributed by atoms with E-state index >= 15 is 0 Å². The van der Waals surface area contributed by atoms with Gasteiger partial charge in [0.15, 0.2) is 0 Å². The number of thiazole rings is 1. The second kappa shape index (κ2) is 7.04. The van der Waals surface area contributed by atoms with Crippen LogP contribution in [0.3, 0.4) is 0 Å². The van der Waals surface area contributed by atoms with Gasteiger partial charge in [0.2, 0.25) is 15.0 Å². The molecule has 8 heteroatoms. The number of hydrogen-bond acceptors (Lipinski definition) is 7. The Labute approximate surface area is 150 Å². The lowest BCUT2D eigenvalue weighted by Gasteiger charge is -2.08. The number of nitrogens with one attached hydrogen (secondary N) is 1. The van der Waals surface area contributed by atoms with Gasteiger partial charge in [-0.15, -0.1) is 11.3 Å². The van der Waals surface area contributed by atoms with E-state index < -0.39 is 9.84 Å². The third-order valence-electron chi connectivity index (χ3n) is 3.43. The first-order valence-corrected chi connectivity index (χ1v) is 9.74. The molecule has 1 heterocycles. The van der Waals surface area contributed by atoms with Crippen LogP contribution in [0.1, 0.15) is 11.1 Å². The minimum atomic E-state index is -3.63. The fourth-order valence-electron chi connectivity index (χ4n) is 2.17. The average molecular weight is 372 g/mol. The molecule has 3 rings (SSSR count). The Morgan fingerprint density at radius 2 is 1.88 bits per heavy atom. The number of aromatic nitrogens is 1. The molecule has 0 bridgehead atoms. The first kappa shape index (κ1) is 17.1. The molecular weight excluding hydrogens is 356 g/mol. The van der Waals surface area contributed by atoms with Gasteiger partial charge in [0, 0.05) is 10.9 Å². The van der Waals surface area contributed by atoms with Crippen LogP contribution in [0.4, 0.5) is 10.9 Å². The quantitative estimate of drug-likeness (QED) is 0.529. The summed E-state index contributed by atoms with van der Waals surface area (Å²) in [5, 5.41) is 6.28. The van der Waals surface area contributed by atoms with Crippen molar-refractivity contribution in [1.82, 2.24) is 4.98 Å². The van der Waals surface area contributed by atoms with Crippen molar-refractivity contribution in [2.75, 3.05) is 11.2 Å². The van der Waals surface area contributed by atoms with E-state index in [1.54, 1.807) is 53.9 Å². The van der Waals surface area contributed by atoms with Crippen molar-refractivity contribution in [3.8, 4) is 0 Å². The summed E-state index contributed by atoms with van der Waals surface area (Å²) < 4.78 is 25.8. The Kier molecular flexibility index (Phi) is 4.82. The number of benzene rings is 2. The van der Waals surface area contributed by atoms with Crippen LogP contribution >= 0.6 is 11.3 Å². The SMILES string of the molecule is Cc1ccc(S(=O)(=O)c2ccccc2C=NNc2nc(N)cs2)cc1. The maximum Gasteiger partial charge on any atom is 0.207 e. The molecule has 0 aliphatic rings. The van der Waals surface area contributed by atoms with Crippen molar-refractivity contribution in [2.45, 2.75) is 16.7 Å². The van der Waals surface area contributed by atoms with Crippen molar-refractivity contribution in [2.24, 2.45) is 5.10 Å². The lowest BCUT2D eigenvalue weighted by atomic mass is 10.2. The van der Waals surface area contributed by atoms with Crippen molar-refractivity contribution in [3.05, 3.63) is 65.0 Å². The number of hydrazone groups is 1. The first-order valence-electron chi connectivity index (χ1n) is 7.38. The predicted molar refractivity (Wildman–Crippen MR) is 101 cm³/mol. The van der Waals surface area contributed by atoms with Crippen LogP contribution in [0.25, 0.3) is 0 Å². The molecule has 0 aliphatic carbocycles. The van der Waals surface area contributed by atoms with E-state index in [1.165, 1.54) is 17.6 Å². The summed E-state index contributed by atoms with van der Waals surface area (Å²) >= 11 is 1.31. The summed E-state index contributed by atoms with van der Waals surface area (Å²) in [4.78, 5) is 4.47. The highest BCUT2D eigenvalue weighted by Gasteiger charge is 2.20. The molecule has 0 unspecified atom stereocenters. The normalized spacial score (nSPS) is 11.7. The Balaban J connectivity index is 1.91. The number of anilines is 2. The van der Waals surface area contributed by atoms with Gasteiger partial charge in [0.1, 0.15) is 5.82 Å². The van der Waals surface area contributed by atoms with Gasteiger partial charge in [-0.3, -0.25) is 5.43 Å². The zero-order valence-corrected chi connectivity index (χ0v) is 15.0. The summed E-state index contributed by atoms with van der Waals surface area (Å²) in [6, 6.07) is 13.5. The monoisotopic (exact) mass is 372 g/mol. The number of rotatable bonds is 5. The van der Waals surface area contributed by atoms with E-state index in [-0.39, 0.29) is 9.79 Å². The van der Waals surface area contributed by atoms with Crippen LogP contribution in [-0.2, 0) is 9.84 Å². The summed E-state index contributed by atoms with van der Waals surface area (Å²) in [5.41, 5.74) is 9.77. The molecule has 0 aliphatic heterocycles. The van der Waals surface area contributed by atoms with Crippen molar-refractivity contribution < 1.29 is 8.42 Å². The molecule has 0 atom stereocenters. The van der Waals surface area contributed by atoms with Gasteiger partial charge in [0.25, 0.3) is 0 Å². The molecule has 0 radical (unpaired) electrons. The molecule has 0 amide bonds. The van der Waals surface area contributed by atoms with Crippen molar-refractivity contribution in [3.63, 3.8) is 0 Å². The van der Waals surface area contributed by atoms with Gasteiger partial charge in [0.05, 0.1) is 16.0 Å². The Hall–Kier alpha value is -2.71. The molecule has 3 aromatic rings. The highest BCUT2D eigenvalue weighted by atomic mass is 32.2. The minimum Gasteiger partial charge on any atom is -0.383 e. The van der Waals surface area contributed by atoms with E-state index in [0.717, 1.165) is 5.56 Å². The van der Waals surface area contributed by atoms with Gasteiger partial charge in [-0.25, -0.2) is 13.4 Å². The highest BCUT2D eigenvalue weighted by Crippen LogP contribution is 2.24. The summed E-state index contributed by atoms with van der Waals surface area (Å²) in [7, 11) is -3.63. The number of hydrogen-bond donors (Lipinski definition) is 2. The van der Waals surface area contributed by atoms with E-state index in [4.69, 9.17) is 5.73 Å². The number of nitrogens with two attached hydrogens (primary N) is 1. The molecule has 0 fully saturated rings. The summed E-state index contributed by atoms with van der Waals surface area (Å²) in [5.74, 6) is 0.407. The standard InChI is InChI=1S/C17H16N4O2S2/c1-12-6-8-14(9-7-12)25(22,23)15-5-3-2-4-13(15)10-19-21-17-20-16(18)11-24-17/h2-11H,18H2,1H3,(H,20,21). The van der Waals surface area contributed by atoms with Crippen LogP contribution in [0, 0.1) is 6.92 Å². The number of aryl methyl sites for hydroxylation is 1. The molecule has 1 aromatic heterocycles. The fraction of sp³-hybridized carbons (Fsp3) is 0.0588. The maximum atomic E-state index is 12.9. The molecule has 3 N–H and O–H groups in total. The van der Waals surface area contributed by atoms with E-state index in [9.17, 15) is 8.42 Å². The van der Waals surface area contributed by atoms with Crippen LogP contribution in [-0.4, -0.2) is 19.6 Å². The fourth-order valence-corrected chi connectivity index (χ4v) is 4.16. The van der Waals surface area contributed by atoms with Crippen LogP contribution in [0.2, 0.25) is 0 Å². The smallest absolute Gasteiger partial charge is 0.207 e. The lowest BCUT2D eigenvalue weighted by Crippen LogP contribution is -2.06. The Bertz CT molecular complexity index is 1010. The number of nitrogens with zero attached hydrogens (tertiary/aromatic N) is 2. The van der Waals surface area contributed by atoms with E-state index in [0.29, 0.717) is 16.5 Å². The van der Waals surface area contributed by atoms with Gasteiger partial charge < -0.3 is 5.73 Å². The second-order valence-corrected chi connectivity index (χ2v) is 8.08. The zero-order valence-electron chi connectivity index (χ0n) is 13.4. The van der Waals surface area contributed by atoms with Gasteiger partial charge in [-0.05, 0) is 25.1 Å². The van der Waals surface area contributed by atoms with E-state index in [2.05, 4.69) is 15.5 Å². The molecule has 2 aromatic carbocycles. The molecule has 6 nitrogen and oxygen atoms in total.